The molecule has 2 aromatic heterocycles. The van der Waals surface area contributed by atoms with Gasteiger partial charge in [0, 0.05) is 25.0 Å². The van der Waals surface area contributed by atoms with Gasteiger partial charge in [-0.05, 0) is 18.6 Å². The third-order valence-electron chi connectivity index (χ3n) is 3.41. The number of rotatable bonds is 3. The van der Waals surface area contributed by atoms with Gasteiger partial charge < -0.3 is 10.3 Å². The van der Waals surface area contributed by atoms with E-state index < -0.39 is 0 Å². The number of para-hydroxylation sites is 1. The number of hydrogen-bond acceptors (Lipinski definition) is 3. The molecule has 0 bridgehead atoms. The number of nitrogen functional groups attached to an aromatic ring is 1. The summed E-state index contributed by atoms with van der Waals surface area (Å²) in [4.78, 5) is 4.37. The third-order valence-corrected chi connectivity index (χ3v) is 3.41. The standard InChI is InChI=1S/C15H17N5/c1-3-12-13(15-17-9-10-19(15)2)18-20(14(12)16)11-7-5-4-6-8-11/h4-10H,3,16H2,1-2H3. The van der Waals surface area contributed by atoms with Crippen molar-refractivity contribution < 1.29 is 0 Å². The van der Waals surface area contributed by atoms with Gasteiger partial charge in [-0.2, -0.15) is 5.10 Å². The van der Waals surface area contributed by atoms with Crippen molar-refractivity contribution in [3.05, 3.63) is 48.3 Å². The fraction of sp³-hybridized carbons (Fsp3) is 0.200. The predicted octanol–water partition coefficient (Wildman–Crippen LogP) is 2.42. The lowest BCUT2D eigenvalue weighted by molar-refractivity contribution is 0.869. The summed E-state index contributed by atoms with van der Waals surface area (Å²) in [6.45, 7) is 2.08. The monoisotopic (exact) mass is 267 g/mol. The fourth-order valence-electron chi connectivity index (χ4n) is 2.35. The average Bonchev–Trinajstić information content (AvgIpc) is 3.03. The molecule has 0 amide bonds. The summed E-state index contributed by atoms with van der Waals surface area (Å²) >= 11 is 0. The van der Waals surface area contributed by atoms with Crippen LogP contribution in [-0.4, -0.2) is 19.3 Å². The van der Waals surface area contributed by atoms with Crippen molar-refractivity contribution in [2.75, 3.05) is 5.73 Å². The number of aromatic nitrogens is 4. The van der Waals surface area contributed by atoms with Gasteiger partial charge in [0.2, 0.25) is 0 Å². The quantitative estimate of drug-likeness (QED) is 0.792. The average molecular weight is 267 g/mol. The van der Waals surface area contributed by atoms with Crippen molar-refractivity contribution in [3.63, 3.8) is 0 Å². The molecule has 5 nitrogen and oxygen atoms in total. The van der Waals surface area contributed by atoms with Crippen molar-refractivity contribution in [3.8, 4) is 17.2 Å². The lowest BCUT2D eigenvalue weighted by atomic mass is 10.1. The molecule has 1 aromatic carbocycles. The number of hydrogen-bond donors (Lipinski definition) is 1. The van der Waals surface area contributed by atoms with Gasteiger partial charge >= 0.3 is 0 Å². The molecule has 2 heterocycles. The van der Waals surface area contributed by atoms with Gasteiger partial charge in [-0.15, -0.1) is 0 Å². The molecule has 0 radical (unpaired) electrons. The van der Waals surface area contributed by atoms with Gasteiger partial charge in [-0.25, -0.2) is 9.67 Å². The van der Waals surface area contributed by atoms with E-state index in [4.69, 9.17) is 5.73 Å². The molecular formula is C15H17N5. The molecule has 102 valence electrons. The van der Waals surface area contributed by atoms with Crippen molar-refractivity contribution in [1.29, 1.82) is 0 Å². The van der Waals surface area contributed by atoms with Crippen molar-refractivity contribution in [1.82, 2.24) is 19.3 Å². The Kier molecular flexibility index (Phi) is 3.02. The van der Waals surface area contributed by atoms with E-state index in [1.807, 2.05) is 48.1 Å². The first-order chi connectivity index (χ1) is 9.72. The van der Waals surface area contributed by atoms with Crippen LogP contribution < -0.4 is 5.73 Å². The molecule has 2 N–H and O–H groups in total. The van der Waals surface area contributed by atoms with Gasteiger partial charge in [0.15, 0.2) is 5.82 Å². The molecule has 0 aliphatic rings. The van der Waals surface area contributed by atoms with Crippen LogP contribution in [0.1, 0.15) is 12.5 Å². The zero-order chi connectivity index (χ0) is 14.1. The van der Waals surface area contributed by atoms with E-state index in [9.17, 15) is 0 Å². The Morgan fingerprint density at radius 1 is 1.20 bits per heavy atom. The maximum absolute atomic E-state index is 6.27. The van der Waals surface area contributed by atoms with Crippen LogP contribution in [0.25, 0.3) is 17.2 Å². The van der Waals surface area contributed by atoms with Gasteiger partial charge in [0.05, 0.1) is 5.69 Å². The van der Waals surface area contributed by atoms with Gasteiger partial charge in [0.1, 0.15) is 11.5 Å². The molecule has 3 aromatic rings. The highest BCUT2D eigenvalue weighted by Crippen LogP contribution is 2.28. The molecule has 0 atom stereocenters. The van der Waals surface area contributed by atoms with Crippen LogP contribution >= 0.6 is 0 Å². The topological polar surface area (TPSA) is 61.7 Å². The van der Waals surface area contributed by atoms with E-state index in [0.29, 0.717) is 5.82 Å². The highest BCUT2D eigenvalue weighted by atomic mass is 15.3. The molecule has 0 saturated carbocycles. The molecule has 3 rings (SSSR count). The number of nitrogens with zero attached hydrogens (tertiary/aromatic N) is 4. The van der Waals surface area contributed by atoms with Gasteiger partial charge in [0.25, 0.3) is 0 Å². The third kappa shape index (κ3) is 1.87. The van der Waals surface area contributed by atoms with E-state index in [-0.39, 0.29) is 0 Å². The van der Waals surface area contributed by atoms with Crippen LogP contribution in [0.15, 0.2) is 42.7 Å². The van der Waals surface area contributed by atoms with E-state index in [1.54, 1.807) is 10.9 Å². The SMILES string of the molecule is CCc1c(-c2nccn2C)nn(-c2ccccc2)c1N. The molecule has 0 saturated heterocycles. The number of nitrogens with two attached hydrogens (primary N) is 1. The Hall–Kier alpha value is -2.56. The molecule has 0 aliphatic carbocycles. The predicted molar refractivity (Wildman–Crippen MR) is 79.6 cm³/mol. The summed E-state index contributed by atoms with van der Waals surface area (Å²) in [6, 6.07) is 9.91. The Morgan fingerprint density at radius 2 is 1.95 bits per heavy atom. The lowest BCUT2D eigenvalue weighted by Gasteiger charge is -2.03. The molecule has 0 fully saturated rings. The van der Waals surface area contributed by atoms with Crippen LogP contribution in [0.3, 0.4) is 0 Å². The maximum Gasteiger partial charge on any atom is 0.160 e. The summed E-state index contributed by atoms with van der Waals surface area (Å²) < 4.78 is 3.74. The van der Waals surface area contributed by atoms with Crippen molar-refractivity contribution >= 4 is 5.82 Å². The molecule has 20 heavy (non-hydrogen) atoms. The van der Waals surface area contributed by atoms with Crippen LogP contribution in [0, 0.1) is 0 Å². The first-order valence-corrected chi connectivity index (χ1v) is 6.62. The van der Waals surface area contributed by atoms with Crippen LogP contribution in [-0.2, 0) is 13.5 Å². The number of aryl methyl sites for hydroxylation is 1. The number of imidazole rings is 1. The highest BCUT2D eigenvalue weighted by Gasteiger charge is 2.19. The summed E-state index contributed by atoms with van der Waals surface area (Å²) in [5.41, 5.74) is 9.10. The second-order valence-electron chi connectivity index (χ2n) is 4.68. The van der Waals surface area contributed by atoms with E-state index >= 15 is 0 Å². The van der Waals surface area contributed by atoms with Crippen LogP contribution in [0.4, 0.5) is 5.82 Å². The fourth-order valence-corrected chi connectivity index (χ4v) is 2.35. The minimum Gasteiger partial charge on any atom is -0.383 e. The minimum atomic E-state index is 0.678. The summed E-state index contributed by atoms with van der Waals surface area (Å²) in [5.74, 6) is 1.51. The zero-order valence-electron chi connectivity index (χ0n) is 11.6. The Morgan fingerprint density at radius 3 is 2.55 bits per heavy atom. The Balaban J connectivity index is 2.21. The van der Waals surface area contributed by atoms with Gasteiger partial charge in [-0.1, -0.05) is 25.1 Å². The molecular weight excluding hydrogens is 250 g/mol. The van der Waals surface area contributed by atoms with Gasteiger partial charge in [-0.3, -0.25) is 0 Å². The first kappa shape index (κ1) is 12.5. The van der Waals surface area contributed by atoms with Crippen molar-refractivity contribution in [2.45, 2.75) is 13.3 Å². The number of benzene rings is 1. The van der Waals surface area contributed by atoms with E-state index in [1.165, 1.54) is 0 Å². The lowest BCUT2D eigenvalue weighted by Crippen LogP contribution is -2.02. The van der Waals surface area contributed by atoms with E-state index in [2.05, 4.69) is 17.0 Å². The first-order valence-electron chi connectivity index (χ1n) is 6.62. The van der Waals surface area contributed by atoms with Crippen molar-refractivity contribution in [2.24, 2.45) is 7.05 Å². The smallest absolute Gasteiger partial charge is 0.160 e. The highest BCUT2D eigenvalue weighted by molar-refractivity contribution is 5.65. The number of anilines is 1. The zero-order valence-corrected chi connectivity index (χ0v) is 11.6. The molecule has 5 heteroatoms. The maximum atomic E-state index is 6.27. The second kappa shape index (κ2) is 4.85. The molecule has 0 aliphatic heterocycles. The van der Waals surface area contributed by atoms with E-state index in [0.717, 1.165) is 29.2 Å². The Labute approximate surface area is 117 Å². The van der Waals surface area contributed by atoms with Crippen LogP contribution in [0.5, 0.6) is 0 Å². The molecule has 0 spiro atoms. The molecule has 0 unspecified atom stereocenters. The second-order valence-corrected chi connectivity index (χ2v) is 4.68. The largest absolute Gasteiger partial charge is 0.383 e. The summed E-state index contributed by atoms with van der Waals surface area (Å²) in [7, 11) is 1.96. The normalized spacial score (nSPS) is 10.9. The summed E-state index contributed by atoms with van der Waals surface area (Å²) in [5, 5.41) is 4.66. The Bertz CT molecular complexity index is 724. The summed E-state index contributed by atoms with van der Waals surface area (Å²) in [6.07, 6.45) is 4.50. The minimum absolute atomic E-state index is 0.678. The van der Waals surface area contributed by atoms with Crippen LogP contribution in [0.2, 0.25) is 0 Å².